The number of ether oxygens (including phenoxy) is 3. The molecule has 0 spiro atoms. The molecule has 2 amide bonds. The summed E-state index contributed by atoms with van der Waals surface area (Å²) in [5.41, 5.74) is -0.670. The summed E-state index contributed by atoms with van der Waals surface area (Å²) in [6, 6.07) is -0.441. The smallest absolute Gasteiger partial charge is 0.410 e. The zero-order valence-corrected chi connectivity index (χ0v) is 26.0. The highest BCUT2D eigenvalue weighted by molar-refractivity contribution is 5.98. The van der Waals surface area contributed by atoms with Gasteiger partial charge >= 0.3 is 12.1 Å². The minimum absolute atomic E-state index is 0.130. The van der Waals surface area contributed by atoms with Crippen LogP contribution < -0.4 is 5.32 Å². The normalized spacial score (nSPS) is 17.9. The van der Waals surface area contributed by atoms with E-state index < -0.39 is 29.6 Å². The van der Waals surface area contributed by atoms with Crippen LogP contribution in [0.5, 0.6) is 0 Å². The van der Waals surface area contributed by atoms with Crippen molar-refractivity contribution in [3.8, 4) is 0 Å². The van der Waals surface area contributed by atoms with E-state index in [0.717, 1.165) is 6.42 Å². The van der Waals surface area contributed by atoms with Gasteiger partial charge in [-0.15, -0.1) is 0 Å². The topological polar surface area (TPSA) is 123 Å². The molecule has 1 N–H and O–H groups in total. The highest BCUT2D eigenvalue weighted by atomic mass is 16.6. The van der Waals surface area contributed by atoms with Crippen LogP contribution in [0.25, 0.3) is 0 Å². The van der Waals surface area contributed by atoms with Gasteiger partial charge in [0.25, 0.3) is 5.91 Å². The Labute approximate surface area is 239 Å². The Kier molecular flexibility index (Phi) is 11.7. The Morgan fingerprint density at radius 3 is 2.35 bits per heavy atom. The van der Waals surface area contributed by atoms with Crippen LogP contribution in [0.2, 0.25) is 0 Å². The largest absolute Gasteiger partial charge is 0.469 e. The molecule has 1 saturated heterocycles. The summed E-state index contributed by atoms with van der Waals surface area (Å²) in [5, 5.41) is 3.30. The van der Waals surface area contributed by atoms with Crippen LogP contribution in [0.1, 0.15) is 84.4 Å². The third kappa shape index (κ3) is 9.60. The van der Waals surface area contributed by atoms with Crippen molar-refractivity contribution in [2.24, 2.45) is 11.8 Å². The number of carbonyl (C=O) groups is 3. The molecule has 1 unspecified atom stereocenters. The van der Waals surface area contributed by atoms with Gasteiger partial charge in [0.15, 0.2) is 0 Å². The number of carbonyl (C=O) groups excluding carboxylic acids is 3. The van der Waals surface area contributed by atoms with Crippen LogP contribution in [0.4, 0.5) is 10.6 Å². The second-order valence-corrected chi connectivity index (χ2v) is 12.8. The fraction of sp³-hybridized carbons (Fsp3) is 0.759. The van der Waals surface area contributed by atoms with Crippen LogP contribution in [-0.4, -0.2) is 96.4 Å². The number of nitrogens with one attached hydrogen (secondary N) is 1. The zero-order chi connectivity index (χ0) is 30.3. The lowest BCUT2D eigenvalue weighted by atomic mass is 9.92. The van der Waals surface area contributed by atoms with Crippen LogP contribution in [0.15, 0.2) is 6.20 Å². The van der Waals surface area contributed by atoms with E-state index >= 15 is 0 Å². The molecule has 2 rings (SSSR count). The number of anilines is 1. The molecule has 0 saturated carbocycles. The Balaban J connectivity index is 2.49. The summed E-state index contributed by atoms with van der Waals surface area (Å²) in [6.07, 6.45) is 2.15. The van der Waals surface area contributed by atoms with Gasteiger partial charge in [0, 0.05) is 51.5 Å². The average Bonchev–Trinajstić information content (AvgIpc) is 2.86. The standard InChI is InChI=1S/C29H49N5O6/c1-19(2)16-34(21-14-20(25(36)39-10)17-33(18-21)27(37)40-29(6,7)8)24(35)22-15-31-26(28(3,4)5)32-23(22)30-12-11-13-38-9/h15,19-21H,11-14,16-18H2,1-10H3,(H,30,31,32)/t20-,21?/m1/s1. The first-order chi connectivity index (χ1) is 18.6. The molecule has 0 aliphatic carbocycles. The van der Waals surface area contributed by atoms with Gasteiger partial charge in [0.1, 0.15) is 22.8 Å². The first-order valence-corrected chi connectivity index (χ1v) is 14.0. The first kappa shape index (κ1) is 33.3. The number of methoxy groups -OCH3 is 2. The van der Waals surface area contributed by atoms with Crippen molar-refractivity contribution in [2.45, 2.75) is 85.3 Å². The Morgan fingerprint density at radius 2 is 1.80 bits per heavy atom. The minimum atomic E-state index is -0.701. The summed E-state index contributed by atoms with van der Waals surface area (Å²) in [5.74, 6) is -0.0702. The molecule has 11 heteroatoms. The van der Waals surface area contributed by atoms with Gasteiger partial charge in [0.2, 0.25) is 0 Å². The number of rotatable bonds is 10. The van der Waals surface area contributed by atoms with Gasteiger partial charge in [-0.1, -0.05) is 34.6 Å². The summed E-state index contributed by atoms with van der Waals surface area (Å²) in [6.45, 7) is 17.4. The number of hydrogen-bond donors (Lipinski definition) is 1. The second-order valence-electron chi connectivity index (χ2n) is 12.8. The highest BCUT2D eigenvalue weighted by Crippen LogP contribution is 2.28. The van der Waals surface area contributed by atoms with Gasteiger partial charge in [-0.2, -0.15) is 0 Å². The molecule has 2 atom stereocenters. The fourth-order valence-electron chi connectivity index (χ4n) is 4.51. The number of hydrogen-bond acceptors (Lipinski definition) is 9. The van der Waals surface area contributed by atoms with E-state index in [-0.39, 0.29) is 30.3 Å². The Hall–Kier alpha value is -2.95. The SMILES string of the molecule is COCCCNc1nc(C(C)(C)C)ncc1C(=O)N(CC(C)C)C1C[C@@H](C(=O)OC)CN(C(=O)OC(C)(C)C)C1. The van der Waals surface area contributed by atoms with E-state index in [2.05, 4.69) is 10.3 Å². The van der Waals surface area contributed by atoms with Crippen LogP contribution >= 0.6 is 0 Å². The predicted octanol–water partition coefficient (Wildman–Crippen LogP) is 4.12. The Bertz CT molecular complexity index is 1020. The number of aromatic nitrogens is 2. The van der Waals surface area contributed by atoms with Gasteiger partial charge in [-0.3, -0.25) is 9.59 Å². The maximum absolute atomic E-state index is 14.2. The Morgan fingerprint density at radius 1 is 1.12 bits per heavy atom. The van der Waals surface area contributed by atoms with Crippen LogP contribution in [-0.2, 0) is 24.4 Å². The van der Waals surface area contributed by atoms with E-state index in [0.29, 0.717) is 43.3 Å². The molecule has 226 valence electrons. The van der Waals surface area contributed by atoms with Crippen molar-refractivity contribution in [3.63, 3.8) is 0 Å². The summed E-state index contributed by atoms with van der Waals surface area (Å²) >= 11 is 0. The van der Waals surface area contributed by atoms with Crippen molar-refractivity contribution < 1.29 is 28.6 Å². The summed E-state index contributed by atoms with van der Waals surface area (Å²) < 4.78 is 15.8. The zero-order valence-electron chi connectivity index (χ0n) is 26.0. The van der Waals surface area contributed by atoms with E-state index in [1.54, 1.807) is 39.0 Å². The third-order valence-electron chi connectivity index (χ3n) is 6.39. The molecule has 0 bridgehead atoms. The first-order valence-electron chi connectivity index (χ1n) is 14.0. The van der Waals surface area contributed by atoms with E-state index in [1.807, 2.05) is 34.6 Å². The van der Waals surface area contributed by atoms with Crippen LogP contribution in [0.3, 0.4) is 0 Å². The van der Waals surface area contributed by atoms with E-state index in [4.69, 9.17) is 19.2 Å². The predicted molar refractivity (Wildman–Crippen MR) is 153 cm³/mol. The van der Waals surface area contributed by atoms with Crippen molar-refractivity contribution in [3.05, 3.63) is 17.6 Å². The molecule has 1 aromatic rings. The number of piperidine rings is 1. The third-order valence-corrected chi connectivity index (χ3v) is 6.39. The average molecular weight is 564 g/mol. The monoisotopic (exact) mass is 563 g/mol. The van der Waals surface area contributed by atoms with Crippen molar-refractivity contribution in [1.82, 2.24) is 19.8 Å². The molecule has 1 aromatic heterocycles. The number of amides is 2. The molecule has 1 aliphatic rings. The molecular weight excluding hydrogens is 514 g/mol. The summed E-state index contributed by atoms with van der Waals surface area (Å²) in [7, 11) is 2.98. The van der Waals surface area contributed by atoms with Crippen molar-refractivity contribution in [2.75, 3.05) is 52.3 Å². The van der Waals surface area contributed by atoms with Gasteiger partial charge in [0.05, 0.1) is 19.1 Å². The molecule has 0 radical (unpaired) electrons. The van der Waals surface area contributed by atoms with Gasteiger partial charge < -0.3 is 29.3 Å². The maximum atomic E-state index is 14.2. The highest BCUT2D eigenvalue weighted by Gasteiger charge is 2.40. The maximum Gasteiger partial charge on any atom is 0.410 e. The molecule has 2 heterocycles. The molecule has 1 fully saturated rings. The quantitative estimate of drug-likeness (QED) is 0.331. The summed E-state index contributed by atoms with van der Waals surface area (Å²) in [4.78, 5) is 52.5. The van der Waals surface area contributed by atoms with E-state index in [1.165, 1.54) is 12.0 Å². The van der Waals surface area contributed by atoms with Gasteiger partial charge in [-0.05, 0) is 39.5 Å². The number of esters is 1. The second kappa shape index (κ2) is 14.1. The molecule has 1 aliphatic heterocycles. The lowest BCUT2D eigenvalue weighted by Crippen LogP contribution is -2.57. The molecule has 0 aromatic carbocycles. The van der Waals surface area contributed by atoms with Crippen molar-refractivity contribution in [1.29, 1.82) is 0 Å². The molecule has 11 nitrogen and oxygen atoms in total. The minimum Gasteiger partial charge on any atom is -0.469 e. The van der Waals surface area contributed by atoms with Crippen molar-refractivity contribution >= 4 is 23.8 Å². The van der Waals surface area contributed by atoms with E-state index in [9.17, 15) is 14.4 Å². The number of likely N-dealkylation sites (tertiary alicyclic amines) is 1. The lowest BCUT2D eigenvalue weighted by molar-refractivity contribution is -0.148. The fourth-order valence-corrected chi connectivity index (χ4v) is 4.51. The number of nitrogens with zero attached hydrogens (tertiary/aromatic N) is 4. The lowest BCUT2D eigenvalue weighted by Gasteiger charge is -2.42. The molecular formula is C29H49N5O6. The molecule has 40 heavy (non-hydrogen) atoms. The van der Waals surface area contributed by atoms with Crippen LogP contribution in [0, 0.1) is 11.8 Å². The van der Waals surface area contributed by atoms with Gasteiger partial charge in [-0.25, -0.2) is 14.8 Å².